The van der Waals surface area contributed by atoms with Crippen LogP contribution in [0, 0.1) is 6.92 Å². The van der Waals surface area contributed by atoms with Crippen LogP contribution in [-0.2, 0) is 7.05 Å². The molecule has 3 nitrogen and oxygen atoms in total. The number of hydrogen-bond donors (Lipinski definition) is 0. The molecule has 0 bridgehead atoms. The predicted octanol–water partition coefficient (Wildman–Crippen LogP) is 4.00. The number of fused-ring (bicyclic) bond motifs is 1. The molecule has 3 aromatic rings. The number of para-hydroxylation sites is 1. The van der Waals surface area contributed by atoms with E-state index in [4.69, 9.17) is 11.6 Å². The van der Waals surface area contributed by atoms with Gasteiger partial charge in [-0.05, 0) is 30.7 Å². The molecular weight excluding hydrogens is 312 g/mol. The minimum Gasteiger partial charge on any atom is -0.319 e. The fourth-order valence-corrected chi connectivity index (χ4v) is 4.10. The molecule has 2 heterocycles. The van der Waals surface area contributed by atoms with Crippen molar-refractivity contribution in [2.24, 2.45) is 12.0 Å². The molecule has 3 rings (SSSR count). The first kappa shape index (κ1) is 13.5. The molecule has 0 atom stereocenters. The van der Waals surface area contributed by atoms with Crippen molar-refractivity contribution >= 4 is 50.4 Å². The predicted molar refractivity (Wildman–Crippen MR) is 84.8 cm³/mol. The Labute approximate surface area is 128 Å². The maximum absolute atomic E-state index is 12.1. The van der Waals surface area contributed by atoms with Crippen LogP contribution in [0.15, 0.2) is 35.3 Å². The first-order valence-electron chi connectivity index (χ1n) is 5.96. The van der Waals surface area contributed by atoms with Crippen molar-refractivity contribution in [3.63, 3.8) is 0 Å². The third-order valence-corrected chi connectivity index (χ3v) is 5.32. The molecule has 0 aliphatic rings. The molecular formula is C14H11ClN2OS2. The lowest BCUT2D eigenvalue weighted by atomic mass is 10.2. The minimum atomic E-state index is -0.248. The summed E-state index contributed by atoms with van der Waals surface area (Å²) in [5.74, 6) is -0.248. The summed E-state index contributed by atoms with van der Waals surface area (Å²) in [6, 6.07) is 9.53. The van der Waals surface area contributed by atoms with Crippen LogP contribution in [0.3, 0.4) is 0 Å². The number of halogens is 1. The SMILES string of the molecule is Cc1cccc2sc(=NC(=O)c3ccc(Cl)s3)n(C)c12. The first-order chi connectivity index (χ1) is 9.56. The summed E-state index contributed by atoms with van der Waals surface area (Å²) in [5, 5.41) is 0. The number of thiophene rings is 1. The number of carbonyl (C=O) groups is 1. The Balaban J connectivity index is 2.15. The van der Waals surface area contributed by atoms with Gasteiger partial charge in [-0.1, -0.05) is 35.1 Å². The van der Waals surface area contributed by atoms with Crippen molar-refractivity contribution in [1.82, 2.24) is 4.57 Å². The van der Waals surface area contributed by atoms with Crippen LogP contribution in [0.5, 0.6) is 0 Å². The van der Waals surface area contributed by atoms with Crippen LogP contribution in [0.2, 0.25) is 4.34 Å². The summed E-state index contributed by atoms with van der Waals surface area (Å²) < 4.78 is 3.69. The van der Waals surface area contributed by atoms with Gasteiger partial charge in [0, 0.05) is 7.05 Å². The van der Waals surface area contributed by atoms with Gasteiger partial charge in [-0.3, -0.25) is 4.79 Å². The number of nitrogens with zero attached hydrogens (tertiary/aromatic N) is 2. The van der Waals surface area contributed by atoms with Crippen LogP contribution >= 0.6 is 34.3 Å². The third kappa shape index (κ3) is 2.32. The minimum absolute atomic E-state index is 0.248. The highest BCUT2D eigenvalue weighted by Gasteiger charge is 2.10. The topological polar surface area (TPSA) is 34.4 Å². The number of rotatable bonds is 1. The second-order valence-electron chi connectivity index (χ2n) is 4.39. The molecule has 20 heavy (non-hydrogen) atoms. The van der Waals surface area contributed by atoms with Crippen LogP contribution < -0.4 is 4.80 Å². The Bertz CT molecular complexity index is 873. The molecule has 0 spiro atoms. The molecule has 2 aromatic heterocycles. The summed E-state index contributed by atoms with van der Waals surface area (Å²) in [6.45, 7) is 2.06. The number of carbonyl (C=O) groups excluding carboxylic acids is 1. The molecule has 1 amide bonds. The van der Waals surface area contributed by atoms with Crippen molar-refractivity contribution < 1.29 is 4.79 Å². The first-order valence-corrected chi connectivity index (χ1v) is 7.97. The largest absolute Gasteiger partial charge is 0.319 e. The van der Waals surface area contributed by atoms with E-state index >= 15 is 0 Å². The van der Waals surface area contributed by atoms with Gasteiger partial charge in [0.15, 0.2) is 4.80 Å². The lowest BCUT2D eigenvalue weighted by Gasteiger charge is -1.98. The van der Waals surface area contributed by atoms with Gasteiger partial charge in [-0.15, -0.1) is 11.3 Å². The molecule has 0 saturated carbocycles. The lowest BCUT2D eigenvalue weighted by Crippen LogP contribution is -2.13. The van der Waals surface area contributed by atoms with E-state index in [0.29, 0.717) is 14.0 Å². The number of aromatic nitrogens is 1. The molecule has 1 aromatic carbocycles. The monoisotopic (exact) mass is 322 g/mol. The number of benzene rings is 1. The molecule has 0 aliphatic carbocycles. The summed E-state index contributed by atoms with van der Waals surface area (Å²) in [5.41, 5.74) is 2.29. The van der Waals surface area contributed by atoms with Crippen molar-refractivity contribution in [3.8, 4) is 0 Å². The zero-order valence-electron chi connectivity index (χ0n) is 10.9. The summed E-state index contributed by atoms with van der Waals surface area (Å²) in [4.78, 5) is 17.6. The maximum atomic E-state index is 12.1. The van der Waals surface area contributed by atoms with Crippen LogP contribution in [-0.4, -0.2) is 10.5 Å². The van der Waals surface area contributed by atoms with Gasteiger partial charge >= 0.3 is 0 Å². The van der Waals surface area contributed by atoms with E-state index in [1.54, 1.807) is 12.1 Å². The second kappa shape index (κ2) is 5.16. The van der Waals surface area contributed by atoms with E-state index in [-0.39, 0.29) is 5.91 Å². The number of amides is 1. The normalized spacial score (nSPS) is 12.2. The van der Waals surface area contributed by atoms with Gasteiger partial charge in [0.25, 0.3) is 5.91 Å². The van der Waals surface area contributed by atoms with Crippen LogP contribution in [0.25, 0.3) is 10.2 Å². The highest BCUT2D eigenvalue weighted by Crippen LogP contribution is 2.23. The van der Waals surface area contributed by atoms with Crippen molar-refractivity contribution in [3.05, 3.63) is 49.9 Å². The van der Waals surface area contributed by atoms with E-state index < -0.39 is 0 Å². The van der Waals surface area contributed by atoms with E-state index in [2.05, 4.69) is 18.0 Å². The Morgan fingerprint density at radius 3 is 2.70 bits per heavy atom. The zero-order valence-corrected chi connectivity index (χ0v) is 13.3. The van der Waals surface area contributed by atoms with E-state index in [1.165, 1.54) is 28.2 Å². The second-order valence-corrected chi connectivity index (χ2v) is 7.11. The molecule has 6 heteroatoms. The average Bonchev–Trinajstić information content (AvgIpc) is 2.96. The van der Waals surface area contributed by atoms with E-state index in [9.17, 15) is 4.79 Å². The highest BCUT2D eigenvalue weighted by molar-refractivity contribution is 7.18. The van der Waals surface area contributed by atoms with E-state index in [1.807, 2.05) is 23.7 Å². The fraction of sp³-hybridized carbons (Fsp3) is 0.143. The molecule has 102 valence electrons. The molecule has 0 radical (unpaired) electrons. The van der Waals surface area contributed by atoms with Crippen LogP contribution in [0.4, 0.5) is 0 Å². The van der Waals surface area contributed by atoms with Gasteiger partial charge in [0.05, 0.1) is 19.4 Å². The molecule has 0 N–H and O–H groups in total. The average molecular weight is 323 g/mol. The third-order valence-electron chi connectivity index (χ3n) is 3.01. The molecule has 0 aliphatic heterocycles. The van der Waals surface area contributed by atoms with Gasteiger partial charge in [-0.2, -0.15) is 4.99 Å². The van der Waals surface area contributed by atoms with Gasteiger partial charge in [0.2, 0.25) is 0 Å². The molecule has 0 unspecified atom stereocenters. The summed E-state index contributed by atoms with van der Waals surface area (Å²) in [7, 11) is 1.93. The van der Waals surface area contributed by atoms with Gasteiger partial charge < -0.3 is 4.57 Å². The van der Waals surface area contributed by atoms with Gasteiger partial charge in [0.1, 0.15) is 0 Å². The molecule has 0 saturated heterocycles. The number of hydrogen-bond acceptors (Lipinski definition) is 3. The number of aryl methyl sites for hydroxylation is 2. The lowest BCUT2D eigenvalue weighted by molar-refractivity contribution is 0.100. The Hall–Kier alpha value is -1.43. The maximum Gasteiger partial charge on any atom is 0.289 e. The summed E-state index contributed by atoms with van der Waals surface area (Å²) in [6.07, 6.45) is 0. The van der Waals surface area contributed by atoms with Gasteiger partial charge in [-0.25, -0.2) is 0 Å². The van der Waals surface area contributed by atoms with Crippen molar-refractivity contribution in [1.29, 1.82) is 0 Å². The standard InChI is InChI=1S/C14H11ClN2OS2/c1-8-4-3-5-9-12(8)17(2)14(20-9)16-13(18)10-6-7-11(15)19-10/h3-7H,1-2H3. The smallest absolute Gasteiger partial charge is 0.289 e. The van der Waals surface area contributed by atoms with Crippen molar-refractivity contribution in [2.75, 3.05) is 0 Å². The highest BCUT2D eigenvalue weighted by atomic mass is 35.5. The Morgan fingerprint density at radius 1 is 1.25 bits per heavy atom. The Morgan fingerprint density at radius 2 is 2.05 bits per heavy atom. The van der Waals surface area contributed by atoms with Crippen molar-refractivity contribution in [2.45, 2.75) is 6.92 Å². The fourth-order valence-electron chi connectivity index (χ4n) is 2.08. The van der Waals surface area contributed by atoms with Crippen LogP contribution in [0.1, 0.15) is 15.2 Å². The Kier molecular flexibility index (Phi) is 3.50. The zero-order chi connectivity index (χ0) is 14.3. The summed E-state index contributed by atoms with van der Waals surface area (Å²) >= 11 is 8.61. The van der Waals surface area contributed by atoms with E-state index in [0.717, 1.165) is 10.2 Å². The quantitative estimate of drug-likeness (QED) is 0.666. The number of thiazole rings is 1. The molecule has 0 fully saturated rings.